The van der Waals surface area contributed by atoms with Crippen molar-refractivity contribution in [2.45, 2.75) is 20.0 Å². The van der Waals surface area contributed by atoms with Crippen molar-refractivity contribution in [3.63, 3.8) is 0 Å². The van der Waals surface area contributed by atoms with Crippen LogP contribution < -0.4 is 0 Å². The average molecular weight is 292 g/mol. The molecule has 1 aliphatic heterocycles. The number of carbonyl (C=O) groups excluding carboxylic acids is 1. The first-order chi connectivity index (χ1) is 9.56. The first-order valence-corrected chi connectivity index (χ1v) is 6.93. The maximum Gasteiger partial charge on any atom is 0.356 e. The molecular formula is C12H12N4O3S. The largest absolute Gasteiger partial charge is 0.476 e. The summed E-state index contributed by atoms with van der Waals surface area (Å²) in [6, 6.07) is 0. The number of carboxylic acid groups (broad SMARTS) is 1. The van der Waals surface area contributed by atoms with Crippen LogP contribution in [0.3, 0.4) is 0 Å². The molecule has 7 nitrogen and oxygen atoms in total. The smallest absolute Gasteiger partial charge is 0.356 e. The predicted molar refractivity (Wildman–Crippen MR) is 70.8 cm³/mol. The highest BCUT2D eigenvalue weighted by Crippen LogP contribution is 2.19. The molecule has 0 saturated carbocycles. The molecule has 1 amide bonds. The Labute approximate surface area is 118 Å². The SMILES string of the molecule is Cc1nc(CN2CCn3cnc(C(=O)O)c3C2=O)cs1. The minimum Gasteiger partial charge on any atom is -0.476 e. The fraction of sp³-hybridized carbons (Fsp3) is 0.333. The molecule has 8 heteroatoms. The summed E-state index contributed by atoms with van der Waals surface area (Å²) < 4.78 is 1.59. The van der Waals surface area contributed by atoms with Gasteiger partial charge in [0.1, 0.15) is 5.69 Å². The molecule has 1 aliphatic rings. The molecule has 2 aromatic rings. The Morgan fingerprint density at radius 1 is 1.50 bits per heavy atom. The molecular weight excluding hydrogens is 280 g/mol. The van der Waals surface area contributed by atoms with E-state index in [1.807, 2.05) is 12.3 Å². The topological polar surface area (TPSA) is 88.3 Å². The van der Waals surface area contributed by atoms with Gasteiger partial charge in [-0.05, 0) is 6.92 Å². The van der Waals surface area contributed by atoms with E-state index in [1.54, 1.807) is 9.47 Å². The number of thiazole rings is 1. The zero-order valence-corrected chi connectivity index (χ0v) is 11.6. The van der Waals surface area contributed by atoms with Crippen molar-refractivity contribution in [1.29, 1.82) is 0 Å². The minimum atomic E-state index is -1.18. The molecule has 2 aromatic heterocycles. The molecule has 0 aliphatic carbocycles. The summed E-state index contributed by atoms with van der Waals surface area (Å²) in [5, 5.41) is 11.9. The molecule has 0 saturated heterocycles. The molecule has 0 radical (unpaired) electrons. The summed E-state index contributed by atoms with van der Waals surface area (Å²) in [7, 11) is 0. The highest BCUT2D eigenvalue weighted by Gasteiger charge is 2.31. The standard InChI is InChI=1S/C12H12N4O3S/c1-7-14-8(5-20-7)4-15-2-3-16-6-13-9(12(18)19)10(16)11(15)17/h5-6H,2-4H2,1H3,(H,18,19). The van der Waals surface area contributed by atoms with Crippen molar-refractivity contribution in [2.75, 3.05) is 6.54 Å². The van der Waals surface area contributed by atoms with Crippen LogP contribution in [0, 0.1) is 6.92 Å². The molecule has 3 rings (SSSR count). The third-order valence-corrected chi connectivity index (χ3v) is 3.98. The Hall–Kier alpha value is -2.22. The van der Waals surface area contributed by atoms with Crippen LogP contribution >= 0.6 is 11.3 Å². The lowest BCUT2D eigenvalue weighted by Crippen LogP contribution is -2.40. The molecule has 1 N–H and O–H groups in total. The highest BCUT2D eigenvalue weighted by atomic mass is 32.1. The summed E-state index contributed by atoms with van der Waals surface area (Å²) in [6.45, 7) is 3.37. The molecule has 0 spiro atoms. The number of rotatable bonds is 3. The molecule has 0 unspecified atom stereocenters. The monoisotopic (exact) mass is 292 g/mol. The lowest BCUT2D eigenvalue weighted by molar-refractivity contribution is 0.0642. The number of aryl methyl sites for hydroxylation is 1. The van der Waals surface area contributed by atoms with Gasteiger partial charge in [0.15, 0.2) is 5.69 Å². The minimum absolute atomic E-state index is 0.149. The van der Waals surface area contributed by atoms with E-state index in [9.17, 15) is 9.59 Å². The Morgan fingerprint density at radius 2 is 2.30 bits per heavy atom. The van der Waals surface area contributed by atoms with Crippen LogP contribution in [0.1, 0.15) is 31.7 Å². The lowest BCUT2D eigenvalue weighted by atomic mass is 10.2. The fourth-order valence-corrected chi connectivity index (χ4v) is 2.84. The Morgan fingerprint density at radius 3 is 2.95 bits per heavy atom. The Kier molecular flexibility index (Phi) is 3.01. The zero-order valence-electron chi connectivity index (χ0n) is 10.7. The number of fused-ring (bicyclic) bond motifs is 1. The number of carboxylic acids is 1. The third kappa shape index (κ3) is 2.07. The van der Waals surface area contributed by atoms with Gasteiger partial charge in [0.25, 0.3) is 5.91 Å². The van der Waals surface area contributed by atoms with Gasteiger partial charge in [0, 0.05) is 18.5 Å². The van der Waals surface area contributed by atoms with Crippen molar-refractivity contribution < 1.29 is 14.7 Å². The van der Waals surface area contributed by atoms with Gasteiger partial charge in [-0.15, -0.1) is 11.3 Å². The van der Waals surface area contributed by atoms with Crippen molar-refractivity contribution in [2.24, 2.45) is 0 Å². The van der Waals surface area contributed by atoms with E-state index in [0.717, 1.165) is 10.7 Å². The molecule has 20 heavy (non-hydrogen) atoms. The first kappa shape index (κ1) is 12.8. The molecule has 0 bridgehead atoms. The van der Waals surface area contributed by atoms with Crippen LogP contribution in [-0.2, 0) is 13.1 Å². The number of hydrogen-bond donors (Lipinski definition) is 1. The number of carbonyl (C=O) groups is 2. The van der Waals surface area contributed by atoms with Crippen LogP contribution in [0.25, 0.3) is 0 Å². The Bertz CT molecular complexity index is 691. The van der Waals surface area contributed by atoms with Gasteiger partial charge < -0.3 is 14.6 Å². The van der Waals surface area contributed by atoms with Gasteiger partial charge in [-0.2, -0.15) is 0 Å². The number of nitrogens with zero attached hydrogens (tertiary/aromatic N) is 4. The maximum absolute atomic E-state index is 12.4. The fourth-order valence-electron chi connectivity index (χ4n) is 2.24. The second kappa shape index (κ2) is 4.71. The normalized spacial score (nSPS) is 14.4. The second-order valence-electron chi connectivity index (χ2n) is 4.52. The zero-order chi connectivity index (χ0) is 14.3. The van der Waals surface area contributed by atoms with E-state index < -0.39 is 5.97 Å². The van der Waals surface area contributed by atoms with Crippen molar-refractivity contribution in [3.05, 3.63) is 33.8 Å². The van der Waals surface area contributed by atoms with Crippen molar-refractivity contribution in [3.8, 4) is 0 Å². The summed E-state index contributed by atoms with van der Waals surface area (Å²) >= 11 is 1.53. The second-order valence-corrected chi connectivity index (χ2v) is 5.59. The van der Waals surface area contributed by atoms with E-state index >= 15 is 0 Å². The number of amides is 1. The molecule has 0 aromatic carbocycles. The van der Waals surface area contributed by atoms with Gasteiger partial charge in [0.05, 0.1) is 23.6 Å². The summed E-state index contributed by atoms with van der Waals surface area (Å²) in [4.78, 5) is 33.2. The molecule has 0 fully saturated rings. The van der Waals surface area contributed by atoms with Gasteiger partial charge in [-0.3, -0.25) is 4.79 Å². The van der Waals surface area contributed by atoms with Gasteiger partial charge in [-0.1, -0.05) is 0 Å². The van der Waals surface area contributed by atoms with Crippen LogP contribution in [0.2, 0.25) is 0 Å². The van der Waals surface area contributed by atoms with E-state index in [1.165, 1.54) is 17.7 Å². The van der Waals surface area contributed by atoms with E-state index in [-0.39, 0.29) is 17.3 Å². The summed E-state index contributed by atoms with van der Waals surface area (Å²) in [5.41, 5.74) is 0.788. The molecule has 104 valence electrons. The molecule has 3 heterocycles. The van der Waals surface area contributed by atoms with Crippen LogP contribution in [0.5, 0.6) is 0 Å². The third-order valence-electron chi connectivity index (χ3n) is 3.16. The van der Waals surface area contributed by atoms with Crippen LogP contribution in [0.15, 0.2) is 11.7 Å². The lowest BCUT2D eigenvalue weighted by Gasteiger charge is -2.27. The Balaban J connectivity index is 1.88. The number of aromatic nitrogens is 3. The number of hydrogen-bond acceptors (Lipinski definition) is 5. The van der Waals surface area contributed by atoms with Gasteiger partial charge >= 0.3 is 5.97 Å². The van der Waals surface area contributed by atoms with Gasteiger partial charge in [-0.25, -0.2) is 14.8 Å². The first-order valence-electron chi connectivity index (χ1n) is 6.05. The predicted octanol–water partition coefficient (Wildman–Crippen LogP) is 1.00. The maximum atomic E-state index is 12.4. The number of aromatic carboxylic acids is 1. The van der Waals surface area contributed by atoms with Crippen LogP contribution in [0.4, 0.5) is 0 Å². The van der Waals surface area contributed by atoms with Crippen molar-refractivity contribution >= 4 is 23.2 Å². The average Bonchev–Trinajstić information content (AvgIpc) is 2.99. The highest BCUT2D eigenvalue weighted by molar-refractivity contribution is 7.09. The van der Waals surface area contributed by atoms with Crippen molar-refractivity contribution in [1.82, 2.24) is 19.4 Å². The van der Waals surface area contributed by atoms with E-state index in [4.69, 9.17) is 5.11 Å². The van der Waals surface area contributed by atoms with E-state index in [0.29, 0.717) is 19.6 Å². The number of imidazole rings is 1. The van der Waals surface area contributed by atoms with Gasteiger partial charge in [0.2, 0.25) is 0 Å². The quantitative estimate of drug-likeness (QED) is 0.911. The van der Waals surface area contributed by atoms with Crippen LogP contribution in [-0.4, -0.2) is 43.0 Å². The summed E-state index contributed by atoms with van der Waals surface area (Å²) in [5.74, 6) is -1.49. The molecule has 0 atom stereocenters. The summed E-state index contributed by atoms with van der Waals surface area (Å²) in [6.07, 6.45) is 1.40. The van der Waals surface area contributed by atoms with E-state index in [2.05, 4.69) is 9.97 Å².